The molecule has 2 aromatic rings. The van der Waals surface area contributed by atoms with E-state index in [4.69, 9.17) is 0 Å². The summed E-state index contributed by atoms with van der Waals surface area (Å²) in [6.07, 6.45) is 6.73. The monoisotopic (exact) mass is 322 g/mol. The molecule has 24 heavy (non-hydrogen) atoms. The third-order valence-electron chi connectivity index (χ3n) is 5.49. The first-order valence-corrected chi connectivity index (χ1v) is 8.89. The summed E-state index contributed by atoms with van der Waals surface area (Å²) in [6.45, 7) is 0.783. The number of nitrogens with zero attached hydrogens (tertiary/aromatic N) is 2. The molecule has 0 spiro atoms. The highest BCUT2D eigenvalue weighted by atomic mass is 16.2. The number of ketones is 1. The van der Waals surface area contributed by atoms with Crippen molar-refractivity contribution in [3.63, 3.8) is 0 Å². The topological polar surface area (TPSA) is 50.3 Å². The van der Waals surface area contributed by atoms with Gasteiger partial charge >= 0.3 is 0 Å². The van der Waals surface area contributed by atoms with Crippen molar-refractivity contribution in [1.82, 2.24) is 9.88 Å². The number of Topliss-reactive ketones (excluding diaryl/α,β-unsaturated/α-hetero) is 1. The van der Waals surface area contributed by atoms with Crippen LogP contribution in [-0.2, 0) is 16.0 Å². The maximum absolute atomic E-state index is 12.9. The summed E-state index contributed by atoms with van der Waals surface area (Å²) in [5.41, 5.74) is 1.88. The van der Waals surface area contributed by atoms with Gasteiger partial charge in [0.1, 0.15) is 5.78 Å². The van der Waals surface area contributed by atoms with E-state index < -0.39 is 0 Å². The largest absolute Gasteiger partial charge is 0.339 e. The van der Waals surface area contributed by atoms with Crippen molar-refractivity contribution < 1.29 is 9.59 Å². The van der Waals surface area contributed by atoms with Gasteiger partial charge < -0.3 is 4.90 Å². The van der Waals surface area contributed by atoms with Crippen LogP contribution in [0, 0.1) is 5.92 Å². The first kappa shape index (κ1) is 15.3. The number of carbonyl (C=O) groups is 2. The molecule has 0 radical (unpaired) electrons. The van der Waals surface area contributed by atoms with E-state index in [0.29, 0.717) is 18.6 Å². The maximum atomic E-state index is 12.9. The fourth-order valence-electron chi connectivity index (χ4n) is 4.34. The number of amides is 1. The van der Waals surface area contributed by atoms with Gasteiger partial charge in [0.05, 0.1) is 11.9 Å². The van der Waals surface area contributed by atoms with Crippen LogP contribution in [0.25, 0.3) is 10.9 Å². The number of para-hydroxylation sites is 1. The Bertz CT molecular complexity index is 781. The third-order valence-corrected chi connectivity index (χ3v) is 5.49. The fourth-order valence-corrected chi connectivity index (χ4v) is 4.34. The van der Waals surface area contributed by atoms with Gasteiger partial charge in [-0.3, -0.25) is 14.6 Å². The Kier molecular flexibility index (Phi) is 4.05. The highest BCUT2D eigenvalue weighted by Gasteiger charge is 2.39. The van der Waals surface area contributed by atoms with Crippen LogP contribution in [0.2, 0.25) is 0 Å². The van der Waals surface area contributed by atoms with Gasteiger partial charge in [0.2, 0.25) is 5.91 Å². The Hall–Kier alpha value is -2.23. The average molecular weight is 322 g/mol. The van der Waals surface area contributed by atoms with E-state index in [1.807, 2.05) is 35.2 Å². The zero-order valence-corrected chi connectivity index (χ0v) is 13.8. The van der Waals surface area contributed by atoms with E-state index in [1.165, 1.54) is 0 Å². The second-order valence-electron chi connectivity index (χ2n) is 6.93. The molecule has 1 amide bonds. The summed E-state index contributed by atoms with van der Waals surface area (Å²) < 4.78 is 0. The zero-order chi connectivity index (χ0) is 16.5. The molecule has 2 atom stereocenters. The number of carbonyl (C=O) groups excluding carboxylic acids is 2. The van der Waals surface area contributed by atoms with Crippen LogP contribution in [0.3, 0.4) is 0 Å². The minimum absolute atomic E-state index is 0.0714. The number of pyridine rings is 1. The van der Waals surface area contributed by atoms with E-state index in [-0.39, 0.29) is 17.9 Å². The summed E-state index contributed by atoms with van der Waals surface area (Å²) in [5, 5.41) is 1.06. The van der Waals surface area contributed by atoms with Crippen molar-refractivity contribution in [3.8, 4) is 0 Å². The van der Waals surface area contributed by atoms with E-state index >= 15 is 0 Å². The Morgan fingerprint density at radius 2 is 2.04 bits per heavy atom. The van der Waals surface area contributed by atoms with Crippen molar-refractivity contribution in [2.45, 2.75) is 44.6 Å². The molecular weight excluding hydrogens is 300 g/mol. The lowest BCUT2D eigenvalue weighted by Gasteiger charge is -2.28. The number of hydrogen-bond acceptors (Lipinski definition) is 3. The molecule has 4 rings (SSSR count). The second kappa shape index (κ2) is 6.34. The smallest absolute Gasteiger partial charge is 0.227 e. The Labute approximate surface area is 141 Å². The summed E-state index contributed by atoms with van der Waals surface area (Å²) in [4.78, 5) is 31.4. The van der Waals surface area contributed by atoms with Crippen molar-refractivity contribution >= 4 is 22.6 Å². The van der Waals surface area contributed by atoms with Gasteiger partial charge in [-0.2, -0.15) is 0 Å². The number of rotatable bonds is 3. The quantitative estimate of drug-likeness (QED) is 0.872. The summed E-state index contributed by atoms with van der Waals surface area (Å²) in [6, 6.07) is 10.0. The van der Waals surface area contributed by atoms with Crippen LogP contribution in [0.4, 0.5) is 0 Å². The zero-order valence-electron chi connectivity index (χ0n) is 13.8. The molecule has 0 N–H and O–H groups in total. The third kappa shape index (κ3) is 2.70. The maximum Gasteiger partial charge on any atom is 0.227 e. The summed E-state index contributed by atoms with van der Waals surface area (Å²) in [5.74, 6) is 0.559. The van der Waals surface area contributed by atoms with Crippen LogP contribution in [0.15, 0.2) is 36.5 Å². The summed E-state index contributed by atoms with van der Waals surface area (Å²) >= 11 is 0. The second-order valence-corrected chi connectivity index (χ2v) is 6.93. The number of fused-ring (bicyclic) bond motifs is 1. The molecule has 1 aliphatic carbocycles. The lowest BCUT2D eigenvalue weighted by molar-refractivity contribution is -0.133. The molecule has 0 bridgehead atoms. The lowest BCUT2D eigenvalue weighted by Crippen LogP contribution is -2.42. The molecular formula is C20H22N2O2. The minimum Gasteiger partial charge on any atom is -0.339 e. The highest BCUT2D eigenvalue weighted by Crippen LogP contribution is 2.33. The molecule has 2 aliphatic rings. The lowest BCUT2D eigenvalue weighted by atomic mass is 9.94. The van der Waals surface area contributed by atoms with E-state index in [0.717, 1.165) is 48.7 Å². The fraction of sp³-hybridized carbons (Fsp3) is 0.450. The van der Waals surface area contributed by atoms with Crippen LogP contribution in [0.5, 0.6) is 0 Å². The van der Waals surface area contributed by atoms with Crippen molar-refractivity contribution in [2.75, 3.05) is 6.54 Å². The Balaban J connectivity index is 1.56. The van der Waals surface area contributed by atoms with Crippen LogP contribution in [-0.4, -0.2) is 34.2 Å². The molecule has 1 saturated carbocycles. The number of hydrogen-bond donors (Lipinski definition) is 0. The molecule has 1 aromatic carbocycles. The molecule has 2 heterocycles. The molecule has 2 unspecified atom stereocenters. The SMILES string of the molecule is O=C1CCCC1C1CCCN1C(=O)Cc1cccc2cccnc12. The van der Waals surface area contributed by atoms with E-state index in [2.05, 4.69) is 4.98 Å². The minimum atomic E-state index is 0.0714. The van der Waals surface area contributed by atoms with Gasteiger partial charge in [-0.15, -0.1) is 0 Å². The molecule has 124 valence electrons. The van der Waals surface area contributed by atoms with Crippen LogP contribution >= 0.6 is 0 Å². The normalized spacial score (nSPS) is 24.0. The van der Waals surface area contributed by atoms with Crippen molar-refractivity contribution in [1.29, 1.82) is 0 Å². The van der Waals surface area contributed by atoms with Gasteiger partial charge in [0.25, 0.3) is 0 Å². The van der Waals surface area contributed by atoms with Gasteiger partial charge in [0, 0.05) is 36.5 Å². The number of benzene rings is 1. The van der Waals surface area contributed by atoms with Gasteiger partial charge in [-0.25, -0.2) is 0 Å². The first-order valence-electron chi connectivity index (χ1n) is 8.89. The molecule has 2 fully saturated rings. The first-order chi connectivity index (χ1) is 11.7. The van der Waals surface area contributed by atoms with E-state index in [1.54, 1.807) is 6.20 Å². The predicted octanol–water partition coefficient (Wildman–Crippen LogP) is 3.14. The van der Waals surface area contributed by atoms with Crippen molar-refractivity contribution in [2.24, 2.45) is 5.92 Å². The standard InChI is InChI=1S/C20H22N2O2/c23-18-10-2-8-16(18)17-9-4-12-22(17)19(24)13-15-6-1-5-14-7-3-11-21-20(14)15/h1,3,5-7,11,16-17H,2,4,8-10,12-13H2. The number of likely N-dealkylation sites (tertiary alicyclic amines) is 1. The van der Waals surface area contributed by atoms with Gasteiger partial charge in [-0.1, -0.05) is 24.3 Å². The van der Waals surface area contributed by atoms with Crippen molar-refractivity contribution in [3.05, 3.63) is 42.1 Å². The number of aromatic nitrogens is 1. The molecule has 1 aromatic heterocycles. The average Bonchev–Trinajstić information content (AvgIpc) is 3.23. The van der Waals surface area contributed by atoms with Gasteiger partial charge in [0.15, 0.2) is 0 Å². The van der Waals surface area contributed by atoms with Gasteiger partial charge in [-0.05, 0) is 37.3 Å². The van der Waals surface area contributed by atoms with E-state index in [9.17, 15) is 9.59 Å². The van der Waals surface area contributed by atoms with Crippen LogP contribution < -0.4 is 0 Å². The molecule has 1 saturated heterocycles. The predicted molar refractivity (Wildman–Crippen MR) is 92.5 cm³/mol. The Morgan fingerprint density at radius 3 is 2.88 bits per heavy atom. The highest BCUT2D eigenvalue weighted by molar-refractivity contribution is 5.89. The van der Waals surface area contributed by atoms with Crippen LogP contribution in [0.1, 0.15) is 37.7 Å². The summed E-state index contributed by atoms with van der Waals surface area (Å²) in [7, 11) is 0. The molecule has 1 aliphatic heterocycles. The molecule has 4 nitrogen and oxygen atoms in total. The Morgan fingerprint density at radius 1 is 1.17 bits per heavy atom. The molecule has 4 heteroatoms.